The summed E-state index contributed by atoms with van der Waals surface area (Å²) in [5, 5.41) is 0.740. The van der Waals surface area contributed by atoms with E-state index in [1.807, 2.05) is 0 Å². The lowest BCUT2D eigenvalue weighted by molar-refractivity contribution is -0.128. The smallest absolute Gasteiger partial charge is 0.250 e. The highest BCUT2D eigenvalue weighted by atomic mass is 32.2. The van der Waals surface area contributed by atoms with E-state index in [4.69, 9.17) is 14.2 Å². The fourth-order valence-electron chi connectivity index (χ4n) is 1.97. The second-order valence-corrected chi connectivity index (χ2v) is 7.59. The first-order chi connectivity index (χ1) is 12.1. The Morgan fingerprint density at radius 1 is 1.35 bits per heavy atom. The molecule has 1 rings (SSSR count). The molecule has 1 aromatic rings. The number of ether oxygens (including phenoxy) is 3. The van der Waals surface area contributed by atoms with E-state index in [1.165, 1.54) is 32.4 Å². The topological polar surface area (TPSA) is 123 Å². The molecule has 0 aliphatic heterocycles. The van der Waals surface area contributed by atoms with Crippen molar-refractivity contribution in [1.29, 1.82) is 0 Å². The van der Waals surface area contributed by atoms with E-state index in [2.05, 4.69) is 15.4 Å². The van der Waals surface area contributed by atoms with Gasteiger partial charge in [0.2, 0.25) is 11.8 Å². The van der Waals surface area contributed by atoms with Crippen LogP contribution >= 0.6 is 11.8 Å². The number of hydrogen-bond acceptors (Lipinski definition) is 9. The molecule has 1 amide bonds. The summed E-state index contributed by atoms with van der Waals surface area (Å²) in [6, 6.07) is 1.50. The molecule has 10 nitrogen and oxygen atoms in total. The Morgan fingerprint density at radius 3 is 2.27 bits per heavy atom. The molecule has 0 spiro atoms. The number of methoxy groups -OCH3 is 3. The number of nitrogens with zero attached hydrogens (tertiary/aromatic N) is 3. The molecule has 148 valence electrons. The molecule has 0 radical (unpaired) electrons. The Kier molecular flexibility index (Phi) is 8.70. The number of nitrogens with one attached hydrogen (secondary N) is 1. The summed E-state index contributed by atoms with van der Waals surface area (Å²) in [5.74, 6) is -0.185. The van der Waals surface area contributed by atoms with Gasteiger partial charge in [0.1, 0.15) is 5.25 Å². The van der Waals surface area contributed by atoms with Crippen molar-refractivity contribution in [3.05, 3.63) is 6.07 Å². The second-order valence-electron chi connectivity index (χ2n) is 5.59. The second kappa shape index (κ2) is 10.0. The zero-order valence-electron chi connectivity index (χ0n) is 15.5. The van der Waals surface area contributed by atoms with Crippen molar-refractivity contribution >= 4 is 28.7 Å². The lowest BCUT2D eigenvalue weighted by atomic mass is 10.0. The number of amides is 1. The van der Waals surface area contributed by atoms with Crippen LogP contribution in [0.3, 0.4) is 0 Å². The minimum absolute atomic E-state index is 0.201. The molecule has 0 aromatic carbocycles. The Labute approximate surface area is 159 Å². The van der Waals surface area contributed by atoms with Crippen LogP contribution in [0.5, 0.6) is 11.8 Å². The van der Waals surface area contributed by atoms with Gasteiger partial charge in [-0.05, 0) is 6.92 Å². The number of hydrazine groups is 1. The third-order valence-corrected chi connectivity index (χ3v) is 5.47. The van der Waals surface area contributed by atoms with E-state index in [0.29, 0.717) is 0 Å². The number of rotatable bonds is 10. The first-order valence-corrected chi connectivity index (χ1v) is 9.55. The molecule has 0 bridgehead atoms. The van der Waals surface area contributed by atoms with Gasteiger partial charge in [-0.15, -0.1) is 0 Å². The summed E-state index contributed by atoms with van der Waals surface area (Å²) >= 11 is -1.20. The SMILES string of the molecule is COc1cc(OC)nc(SC(C(=O)NN(C)C)C(C)(CS(=O)O)OC)n1. The van der Waals surface area contributed by atoms with E-state index in [0.717, 1.165) is 11.8 Å². The van der Waals surface area contributed by atoms with Gasteiger partial charge < -0.3 is 18.8 Å². The summed E-state index contributed by atoms with van der Waals surface area (Å²) in [5.41, 5.74) is 1.37. The van der Waals surface area contributed by atoms with Gasteiger partial charge in [-0.1, -0.05) is 11.8 Å². The molecular weight excluding hydrogens is 384 g/mol. The zero-order chi connectivity index (χ0) is 19.9. The minimum Gasteiger partial charge on any atom is -0.481 e. The Bertz CT molecular complexity index is 626. The van der Waals surface area contributed by atoms with E-state index in [9.17, 15) is 13.6 Å². The first-order valence-electron chi connectivity index (χ1n) is 7.39. The fourth-order valence-corrected chi connectivity index (χ4v) is 3.94. The van der Waals surface area contributed by atoms with Crippen molar-refractivity contribution in [2.45, 2.75) is 22.9 Å². The lowest BCUT2D eigenvalue weighted by Crippen LogP contribution is -2.54. The van der Waals surface area contributed by atoms with E-state index in [-0.39, 0.29) is 22.7 Å². The van der Waals surface area contributed by atoms with Crippen LogP contribution in [0.1, 0.15) is 6.92 Å². The van der Waals surface area contributed by atoms with Crippen molar-refractivity contribution in [3.8, 4) is 11.8 Å². The van der Waals surface area contributed by atoms with Crippen LogP contribution in [0.15, 0.2) is 11.2 Å². The van der Waals surface area contributed by atoms with Gasteiger partial charge in [-0.25, -0.2) is 9.22 Å². The number of carbonyl (C=O) groups is 1. The van der Waals surface area contributed by atoms with Crippen molar-refractivity contribution < 1.29 is 27.8 Å². The van der Waals surface area contributed by atoms with Crippen molar-refractivity contribution in [2.24, 2.45) is 0 Å². The van der Waals surface area contributed by atoms with Crippen LogP contribution in [0, 0.1) is 0 Å². The quantitative estimate of drug-likeness (QED) is 0.240. The normalized spacial score (nSPS) is 15.8. The molecule has 3 unspecified atom stereocenters. The predicted molar refractivity (Wildman–Crippen MR) is 97.7 cm³/mol. The van der Waals surface area contributed by atoms with Gasteiger partial charge >= 0.3 is 0 Å². The van der Waals surface area contributed by atoms with Gasteiger partial charge in [0.25, 0.3) is 5.91 Å². The summed E-state index contributed by atoms with van der Waals surface area (Å²) in [6.45, 7) is 1.57. The number of aromatic nitrogens is 2. The highest BCUT2D eigenvalue weighted by Gasteiger charge is 2.43. The van der Waals surface area contributed by atoms with E-state index >= 15 is 0 Å². The average molecular weight is 409 g/mol. The fraction of sp³-hybridized carbons (Fsp3) is 0.643. The van der Waals surface area contributed by atoms with Crippen molar-refractivity contribution in [1.82, 2.24) is 20.4 Å². The van der Waals surface area contributed by atoms with E-state index < -0.39 is 27.8 Å². The molecule has 1 heterocycles. The molecule has 26 heavy (non-hydrogen) atoms. The molecule has 1 aromatic heterocycles. The van der Waals surface area contributed by atoms with Crippen LogP contribution in [0.2, 0.25) is 0 Å². The maximum absolute atomic E-state index is 12.7. The van der Waals surface area contributed by atoms with Gasteiger partial charge in [0.05, 0.1) is 31.6 Å². The van der Waals surface area contributed by atoms with Crippen LogP contribution in [0.25, 0.3) is 0 Å². The molecule has 0 aliphatic rings. The highest BCUT2D eigenvalue weighted by molar-refractivity contribution is 8.00. The summed E-state index contributed by atoms with van der Waals surface area (Å²) in [4.78, 5) is 21.1. The van der Waals surface area contributed by atoms with Gasteiger partial charge in [0, 0.05) is 21.2 Å². The molecule has 3 atom stereocenters. The van der Waals surface area contributed by atoms with Crippen LogP contribution < -0.4 is 14.9 Å². The van der Waals surface area contributed by atoms with Crippen molar-refractivity contribution in [3.63, 3.8) is 0 Å². The Balaban J connectivity index is 3.28. The Morgan fingerprint density at radius 2 is 1.88 bits per heavy atom. The maximum Gasteiger partial charge on any atom is 0.250 e. The lowest BCUT2D eigenvalue weighted by Gasteiger charge is -2.34. The van der Waals surface area contributed by atoms with Crippen LogP contribution in [-0.4, -0.2) is 81.7 Å². The summed E-state index contributed by atoms with van der Waals surface area (Å²) in [7, 11) is 7.57. The van der Waals surface area contributed by atoms with Crippen molar-refractivity contribution in [2.75, 3.05) is 41.2 Å². The molecule has 0 aliphatic carbocycles. The average Bonchev–Trinajstić information content (AvgIpc) is 2.57. The first kappa shape index (κ1) is 22.6. The monoisotopic (exact) mass is 408 g/mol. The number of carbonyl (C=O) groups excluding carboxylic acids is 1. The molecule has 0 saturated heterocycles. The third-order valence-electron chi connectivity index (χ3n) is 3.30. The largest absolute Gasteiger partial charge is 0.481 e. The molecule has 12 heteroatoms. The minimum atomic E-state index is -2.18. The maximum atomic E-state index is 12.7. The predicted octanol–water partition coefficient (Wildman–Crippen LogP) is 0.174. The Hall–Kier alpha value is -1.47. The third kappa shape index (κ3) is 6.36. The van der Waals surface area contributed by atoms with E-state index in [1.54, 1.807) is 21.0 Å². The number of thioether (sulfide) groups is 1. The summed E-state index contributed by atoms with van der Waals surface area (Å²) < 4.78 is 36.4. The highest BCUT2D eigenvalue weighted by Crippen LogP contribution is 2.33. The molecule has 0 saturated carbocycles. The van der Waals surface area contributed by atoms with Gasteiger partial charge in [-0.3, -0.25) is 10.2 Å². The van der Waals surface area contributed by atoms with Crippen LogP contribution in [-0.2, 0) is 20.6 Å². The van der Waals surface area contributed by atoms with Crippen LogP contribution in [0.4, 0.5) is 0 Å². The number of hydrogen-bond donors (Lipinski definition) is 2. The summed E-state index contributed by atoms with van der Waals surface area (Å²) in [6.07, 6.45) is 0. The van der Waals surface area contributed by atoms with Gasteiger partial charge in [-0.2, -0.15) is 9.97 Å². The standard InChI is InChI=1S/C14H24N4O6S2/c1-14(24-6,8-26(20)21)11(12(19)17-18(2)3)25-13-15-9(22-4)7-10(16-13)23-5/h7,11H,8H2,1-6H3,(H,17,19)(H,20,21). The zero-order valence-corrected chi connectivity index (χ0v) is 17.1. The van der Waals surface area contributed by atoms with Gasteiger partial charge in [0.15, 0.2) is 16.2 Å². The molecule has 2 N–H and O–H groups in total. The molecule has 0 fully saturated rings. The molecular formula is C14H24N4O6S2.